The standard InChI is InChI=1S/C22H40N.C7H8O3S/c1-4-5-6-7-8-9-10-11-12-16-20-23(2,3)21-19-22-17-14-13-15-18-22;1-6-2-4-7(5-3-6)11(8,9)10/h13-15,17-18H,4-12,16,19-21H2,1-3H3;2-5H,1H3,(H,8,9,10)/q+1;/p-1. The van der Waals surface area contributed by atoms with Gasteiger partial charge < -0.3 is 9.04 Å². The minimum Gasteiger partial charge on any atom is -0.744 e. The van der Waals surface area contributed by atoms with Crippen LogP contribution < -0.4 is 0 Å². The lowest BCUT2D eigenvalue weighted by Crippen LogP contribution is -2.42. The van der Waals surface area contributed by atoms with E-state index < -0.39 is 10.1 Å². The van der Waals surface area contributed by atoms with Gasteiger partial charge in [0.2, 0.25) is 0 Å². The molecule has 0 saturated carbocycles. The minimum absolute atomic E-state index is 0.178. The van der Waals surface area contributed by atoms with Crippen LogP contribution in [0.25, 0.3) is 0 Å². The van der Waals surface area contributed by atoms with Crippen LogP contribution in [-0.4, -0.2) is 44.6 Å². The van der Waals surface area contributed by atoms with E-state index in [1.807, 2.05) is 6.92 Å². The van der Waals surface area contributed by atoms with Gasteiger partial charge in [-0.25, -0.2) is 8.42 Å². The van der Waals surface area contributed by atoms with Gasteiger partial charge in [-0.1, -0.05) is 106 Å². The molecule has 0 saturated heterocycles. The first-order valence-corrected chi connectivity index (χ1v) is 14.4. The normalized spacial score (nSPS) is 11.7. The Morgan fingerprint density at radius 2 is 1.21 bits per heavy atom. The third-order valence-electron chi connectivity index (χ3n) is 6.28. The van der Waals surface area contributed by atoms with Crippen LogP contribution in [0.4, 0.5) is 0 Å². The average Bonchev–Trinajstić information content (AvgIpc) is 2.80. The highest BCUT2D eigenvalue weighted by atomic mass is 32.2. The van der Waals surface area contributed by atoms with E-state index in [1.165, 1.54) is 101 Å². The molecule has 2 rings (SSSR count). The topological polar surface area (TPSA) is 57.2 Å². The van der Waals surface area contributed by atoms with E-state index in [1.54, 1.807) is 12.1 Å². The molecule has 0 atom stereocenters. The summed E-state index contributed by atoms with van der Waals surface area (Å²) in [6.45, 7) is 6.69. The molecule has 0 spiro atoms. The second kappa shape index (κ2) is 16.9. The van der Waals surface area contributed by atoms with Crippen molar-refractivity contribution in [3.05, 3.63) is 65.7 Å². The van der Waals surface area contributed by atoms with Crippen molar-refractivity contribution >= 4 is 10.1 Å². The van der Waals surface area contributed by atoms with Crippen LogP contribution >= 0.6 is 0 Å². The van der Waals surface area contributed by atoms with Gasteiger partial charge >= 0.3 is 0 Å². The first kappa shape index (κ1) is 30.3. The van der Waals surface area contributed by atoms with Gasteiger partial charge in [-0.2, -0.15) is 0 Å². The van der Waals surface area contributed by atoms with Crippen LogP contribution in [-0.2, 0) is 16.5 Å². The van der Waals surface area contributed by atoms with Crippen LogP contribution in [0.5, 0.6) is 0 Å². The molecule has 2 aromatic rings. The Labute approximate surface area is 209 Å². The van der Waals surface area contributed by atoms with Crippen molar-refractivity contribution < 1.29 is 17.5 Å². The molecular formula is C29H47NO3S. The Balaban J connectivity index is 0.000000437. The fourth-order valence-corrected chi connectivity index (χ4v) is 4.39. The van der Waals surface area contributed by atoms with Crippen LogP contribution in [0.2, 0.25) is 0 Å². The van der Waals surface area contributed by atoms with Crippen LogP contribution in [0, 0.1) is 6.92 Å². The van der Waals surface area contributed by atoms with Crippen molar-refractivity contribution in [2.45, 2.75) is 89.4 Å². The SMILES string of the molecule is CCCCCCCCCCCC[N+](C)(C)CCc1ccccc1.Cc1ccc(S(=O)(=O)[O-])cc1. The van der Waals surface area contributed by atoms with E-state index >= 15 is 0 Å². The highest BCUT2D eigenvalue weighted by Gasteiger charge is 2.14. The third kappa shape index (κ3) is 15.3. The Morgan fingerprint density at radius 3 is 1.71 bits per heavy atom. The lowest BCUT2D eigenvalue weighted by molar-refractivity contribution is -0.890. The lowest BCUT2D eigenvalue weighted by Gasteiger charge is -2.30. The van der Waals surface area contributed by atoms with E-state index in [0.29, 0.717) is 0 Å². The van der Waals surface area contributed by atoms with E-state index in [4.69, 9.17) is 0 Å². The number of hydrogen-bond donors (Lipinski definition) is 0. The van der Waals surface area contributed by atoms with Crippen LogP contribution in [0.1, 0.15) is 82.3 Å². The van der Waals surface area contributed by atoms with Gasteiger partial charge in [-0.05, 0) is 37.5 Å². The molecule has 0 N–H and O–H groups in total. The van der Waals surface area contributed by atoms with Crippen LogP contribution in [0.3, 0.4) is 0 Å². The number of quaternary nitrogens is 1. The summed E-state index contributed by atoms with van der Waals surface area (Å²) in [5.74, 6) is 0. The minimum atomic E-state index is -4.27. The first-order valence-electron chi connectivity index (χ1n) is 13.0. The van der Waals surface area contributed by atoms with Gasteiger partial charge in [0.25, 0.3) is 0 Å². The predicted octanol–water partition coefficient (Wildman–Crippen LogP) is 7.13. The summed E-state index contributed by atoms with van der Waals surface area (Å²) in [7, 11) is 0.502. The van der Waals surface area contributed by atoms with Crippen molar-refractivity contribution in [1.29, 1.82) is 0 Å². The fourth-order valence-electron chi connectivity index (χ4n) is 3.92. The molecule has 0 aromatic heterocycles. The first-order chi connectivity index (χ1) is 16.1. The summed E-state index contributed by atoms with van der Waals surface area (Å²) in [4.78, 5) is -0.178. The van der Waals surface area contributed by atoms with Gasteiger partial charge in [0.1, 0.15) is 10.1 Å². The third-order valence-corrected chi connectivity index (χ3v) is 7.12. The Hall–Kier alpha value is -1.69. The Kier molecular flexibility index (Phi) is 15.0. The highest BCUT2D eigenvalue weighted by Crippen LogP contribution is 2.12. The van der Waals surface area contributed by atoms with E-state index in [2.05, 4.69) is 51.4 Å². The largest absolute Gasteiger partial charge is 0.744 e. The number of unbranched alkanes of at least 4 members (excludes halogenated alkanes) is 9. The predicted molar refractivity (Wildman–Crippen MR) is 143 cm³/mol. The monoisotopic (exact) mass is 489 g/mol. The Morgan fingerprint density at radius 1 is 0.706 bits per heavy atom. The number of nitrogens with zero attached hydrogens (tertiary/aromatic N) is 1. The number of likely N-dealkylation sites (N-methyl/N-ethyl adjacent to an activating group) is 1. The zero-order chi connectivity index (χ0) is 25.3. The molecular weight excluding hydrogens is 442 g/mol. The van der Waals surface area contributed by atoms with E-state index in [-0.39, 0.29) is 4.90 Å². The molecule has 0 aliphatic rings. The molecule has 0 aliphatic carbocycles. The van der Waals surface area contributed by atoms with E-state index in [0.717, 1.165) is 10.0 Å². The van der Waals surface area contributed by atoms with Gasteiger partial charge in [-0.3, -0.25) is 0 Å². The summed E-state index contributed by atoms with van der Waals surface area (Å²) >= 11 is 0. The lowest BCUT2D eigenvalue weighted by atomic mass is 10.1. The summed E-state index contributed by atoms with van der Waals surface area (Å²) in [5, 5.41) is 0. The number of hydrogen-bond acceptors (Lipinski definition) is 3. The fraction of sp³-hybridized carbons (Fsp3) is 0.586. The molecule has 0 heterocycles. The molecule has 0 bridgehead atoms. The quantitative estimate of drug-likeness (QED) is 0.152. The molecule has 2 aromatic carbocycles. The second-order valence-corrected chi connectivity index (χ2v) is 11.4. The van der Waals surface area contributed by atoms with Crippen molar-refractivity contribution in [3.8, 4) is 0 Å². The van der Waals surface area contributed by atoms with Crippen molar-refractivity contribution in [1.82, 2.24) is 0 Å². The summed E-state index contributed by atoms with van der Waals surface area (Å²) in [6.07, 6.45) is 15.5. The van der Waals surface area contributed by atoms with Gasteiger partial charge in [-0.15, -0.1) is 0 Å². The number of aryl methyl sites for hydroxylation is 1. The second-order valence-electron chi connectivity index (χ2n) is 10.1. The van der Waals surface area contributed by atoms with E-state index in [9.17, 15) is 13.0 Å². The van der Waals surface area contributed by atoms with Crippen molar-refractivity contribution in [2.75, 3.05) is 27.2 Å². The average molecular weight is 490 g/mol. The van der Waals surface area contributed by atoms with Gasteiger partial charge in [0, 0.05) is 6.42 Å². The molecule has 0 amide bonds. The van der Waals surface area contributed by atoms with Crippen molar-refractivity contribution in [3.63, 3.8) is 0 Å². The zero-order valence-corrected chi connectivity index (χ0v) is 22.8. The molecule has 34 heavy (non-hydrogen) atoms. The Bertz CT molecular complexity index is 862. The number of rotatable bonds is 15. The van der Waals surface area contributed by atoms with Gasteiger partial charge in [0.15, 0.2) is 0 Å². The molecule has 0 aliphatic heterocycles. The smallest absolute Gasteiger partial charge is 0.124 e. The molecule has 5 heteroatoms. The maximum atomic E-state index is 10.4. The zero-order valence-electron chi connectivity index (χ0n) is 22.0. The van der Waals surface area contributed by atoms with Crippen molar-refractivity contribution in [2.24, 2.45) is 0 Å². The molecule has 0 radical (unpaired) electrons. The highest BCUT2D eigenvalue weighted by molar-refractivity contribution is 7.85. The maximum Gasteiger partial charge on any atom is 0.124 e. The number of benzene rings is 2. The van der Waals surface area contributed by atoms with Gasteiger partial charge in [0.05, 0.1) is 32.1 Å². The molecule has 4 nitrogen and oxygen atoms in total. The van der Waals surface area contributed by atoms with Crippen LogP contribution in [0.15, 0.2) is 59.5 Å². The molecule has 0 unspecified atom stereocenters. The summed E-state index contributed by atoms with van der Waals surface area (Å²) in [5.41, 5.74) is 2.40. The summed E-state index contributed by atoms with van der Waals surface area (Å²) < 4.78 is 32.3. The summed E-state index contributed by atoms with van der Waals surface area (Å²) in [6, 6.07) is 16.7. The molecule has 192 valence electrons. The maximum absolute atomic E-state index is 10.4. The molecule has 0 fully saturated rings.